The lowest BCUT2D eigenvalue weighted by Crippen LogP contribution is -2.01. The smallest absolute Gasteiger partial charge is 0.204 e. The number of benzene rings is 1. The number of nitrogens with zero attached hydrogens (tertiary/aromatic N) is 2. The molecule has 3 nitrogen and oxygen atoms in total. The van der Waals surface area contributed by atoms with Gasteiger partial charge in [-0.05, 0) is 37.6 Å². The van der Waals surface area contributed by atoms with E-state index >= 15 is 0 Å². The van der Waals surface area contributed by atoms with Crippen molar-refractivity contribution in [1.29, 1.82) is 0 Å². The maximum Gasteiger partial charge on any atom is 0.204 e. The predicted octanol–water partition coefficient (Wildman–Crippen LogP) is 3.85. The van der Waals surface area contributed by atoms with Crippen LogP contribution in [0.4, 0.5) is 0 Å². The summed E-state index contributed by atoms with van der Waals surface area (Å²) >= 11 is 0. The van der Waals surface area contributed by atoms with Crippen molar-refractivity contribution in [3.63, 3.8) is 0 Å². The van der Waals surface area contributed by atoms with Gasteiger partial charge in [0.25, 0.3) is 0 Å². The lowest BCUT2D eigenvalue weighted by Gasteiger charge is -1.99. The number of carbonyl (C=O) groups excluding carboxylic acids is 1. The number of aromatic nitrogens is 2. The quantitative estimate of drug-likeness (QED) is 0.538. The van der Waals surface area contributed by atoms with Crippen LogP contribution in [0.15, 0.2) is 54.7 Å². The summed E-state index contributed by atoms with van der Waals surface area (Å²) in [5.74, 6) is -0.0354. The molecule has 0 radical (unpaired) electrons. The molecule has 21 heavy (non-hydrogen) atoms. The minimum absolute atomic E-state index is 0.0354. The van der Waals surface area contributed by atoms with E-state index in [1.807, 2.05) is 73.0 Å². The third-order valence-electron chi connectivity index (χ3n) is 3.44. The maximum atomic E-state index is 12.4. The van der Waals surface area contributed by atoms with E-state index < -0.39 is 0 Å². The summed E-state index contributed by atoms with van der Waals surface area (Å²) in [6, 6.07) is 13.8. The van der Waals surface area contributed by atoms with Gasteiger partial charge >= 0.3 is 0 Å². The number of hydrogen-bond donors (Lipinski definition) is 0. The first-order valence-corrected chi connectivity index (χ1v) is 6.88. The Morgan fingerprint density at radius 2 is 1.86 bits per heavy atom. The summed E-state index contributed by atoms with van der Waals surface area (Å²) in [6.45, 7) is 3.90. The van der Waals surface area contributed by atoms with Gasteiger partial charge in [-0.15, -0.1) is 0 Å². The van der Waals surface area contributed by atoms with Gasteiger partial charge in [0.2, 0.25) is 5.78 Å². The minimum atomic E-state index is -0.0354. The second kappa shape index (κ2) is 5.37. The van der Waals surface area contributed by atoms with Crippen molar-refractivity contribution in [2.75, 3.05) is 0 Å². The topological polar surface area (TPSA) is 34.4 Å². The fourth-order valence-corrected chi connectivity index (χ4v) is 2.34. The van der Waals surface area contributed by atoms with Crippen LogP contribution in [0, 0.1) is 13.8 Å². The molecule has 2 heterocycles. The van der Waals surface area contributed by atoms with Crippen molar-refractivity contribution < 1.29 is 4.79 Å². The summed E-state index contributed by atoms with van der Waals surface area (Å²) in [5, 5.41) is 0. The standard InChI is InChI=1S/C18H16N2O/c1-13-6-8-15(9-7-13)10-11-16(21)18-14(2)19-17-5-3-4-12-20(17)18/h3-12H,1-2H3/b11-10+. The normalized spacial score (nSPS) is 11.3. The van der Waals surface area contributed by atoms with Gasteiger partial charge in [0.1, 0.15) is 11.3 Å². The van der Waals surface area contributed by atoms with Gasteiger partial charge in [-0.3, -0.25) is 9.20 Å². The lowest BCUT2D eigenvalue weighted by atomic mass is 10.1. The molecule has 0 N–H and O–H groups in total. The number of fused-ring (bicyclic) bond motifs is 1. The average Bonchev–Trinajstić information content (AvgIpc) is 2.82. The molecule has 0 saturated carbocycles. The molecular formula is C18H16N2O. The zero-order valence-electron chi connectivity index (χ0n) is 12.1. The summed E-state index contributed by atoms with van der Waals surface area (Å²) in [6.07, 6.45) is 5.31. The van der Waals surface area contributed by atoms with E-state index in [-0.39, 0.29) is 5.78 Å². The van der Waals surface area contributed by atoms with E-state index in [1.54, 1.807) is 6.08 Å². The monoisotopic (exact) mass is 276 g/mol. The van der Waals surface area contributed by atoms with Crippen LogP contribution in [0.2, 0.25) is 0 Å². The van der Waals surface area contributed by atoms with E-state index in [0.717, 1.165) is 16.9 Å². The average molecular weight is 276 g/mol. The molecule has 0 saturated heterocycles. The molecule has 0 bridgehead atoms. The van der Waals surface area contributed by atoms with Crippen LogP contribution in [0.3, 0.4) is 0 Å². The molecule has 0 amide bonds. The van der Waals surface area contributed by atoms with Crippen molar-refractivity contribution in [2.45, 2.75) is 13.8 Å². The van der Waals surface area contributed by atoms with E-state index in [0.29, 0.717) is 5.69 Å². The Bertz CT molecular complexity index is 826. The van der Waals surface area contributed by atoms with Gasteiger partial charge in [0.05, 0.1) is 5.69 Å². The number of carbonyl (C=O) groups is 1. The molecule has 0 aliphatic carbocycles. The molecule has 3 rings (SSSR count). The molecule has 0 atom stereocenters. The van der Waals surface area contributed by atoms with E-state index in [9.17, 15) is 4.79 Å². The Balaban J connectivity index is 1.94. The van der Waals surface area contributed by atoms with Crippen LogP contribution in [0.25, 0.3) is 11.7 Å². The van der Waals surface area contributed by atoms with E-state index in [2.05, 4.69) is 4.98 Å². The van der Waals surface area contributed by atoms with Gasteiger partial charge < -0.3 is 0 Å². The molecule has 0 fully saturated rings. The van der Waals surface area contributed by atoms with Crippen molar-refractivity contribution in [2.24, 2.45) is 0 Å². The largest absolute Gasteiger partial charge is 0.297 e. The van der Waals surface area contributed by atoms with Crippen LogP contribution >= 0.6 is 0 Å². The third kappa shape index (κ3) is 2.63. The molecule has 3 heteroatoms. The molecule has 0 unspecified atom stereocenters. The second-order valence-electron chi connectivity index (χ2n) is 5.08. The number of hydrogen-bond acceptors (Lipinski definition) is 2. The predicted molar refractivity (Wildman–Crippen MR) is 84.5 cm³/mol. The van der Waals surface area contributed by atoms with Gasteiger partial charge in [-0.25, -0.2) is 4.98 Å². The Labute approximate surface area is 123 Å². The molecule has 1 aromatic carbocycles. The highest BCUT2D eigenvalue weighted by atomic mass is 16.1. The number of allylic oxidation sites excluding steroid dienone is 1. The first-order valence-electron chi connectivity index (χ1n) is 6.88. The third-order valence-corrected chi connectivity index (χ3v) is 3.44. The second-order valence-corrected chi connectivity index (χ2v) is 5.08. The van der Waals surface area contributed by atoms with Crippen LogP contribution < -0.4 is 0 Å². The Kier molecular flexibility index (Phi) is 3.40. The number of pyridine rings is 1. The number of aryl methyl sites for hydroxylation is 2. The van der Waals surface area contributed by atoms with Crippen LogP contribution in [0.5, 0.6) is 0 Å². The Hall–Kier alpha value is -2.68. The Morgan fingerprint density at radius 3 is 2.62 bits per heavy atom. The summed E-state index contributed by atoms with van der Waals surface area (Å²) < 4.78 is 1.83. The van der Waals surface area contributed by atoms with Crippen molar-refractivity contribution in [3.05, 3.63) is 77.3 Å². The van der Waals surface area contributed by atoms with Gasteiger partial charge in [0.15, 0.2) is 0 Å². The fraction of sp³-hybridized carbons (Fsp3) is 0.111. The lowest BCUT2D eigenvalue weighted by molar-refractivity contribution is 0.104. The fourth-order valence-electron chi connectivity index (χ4n) is 2.34. The zero-order valence-corrected chi connectivity index (χ0v) is 12.1. The zero-order chi connectivity index (χ0) is 14.8. The maximum absolute atomic E-state index is 12.4. The van der Waals surface area contributed by atoms with E-state index in [1.165, 1.54) is 5.56 Å². The van der Waals surface area contributed by atoms with Gasteiger partial charge in [-0.1, -0.05) is 42.0 Å². The van der Waals surface area contributed by atoms with Crippen molar-refractivity contribution >= 4 is 17.5 Å². The molecule has 3 aromatic rings. The van der Waals surface area contributed by atoms with Crippen LogP contribution in [0.1, 0.15) is 27.3 Å². The summed E-state index contributed by atoms with van der Waals surface area (Å²) in [4.78, 5) is 16.8. The summed E-state index contributed by atoms with van der Waals surface area (Å²) in [7, 11) is 0. The molecular weight excluding hydrogens is 260 g/mol. The molecule has 2 aromatic heterocycles. The van der Waals surface area contributed by atoms with Crippen molar-refractivity contribution in [1.82, 2.24) is 9.38 Å². The highest BCUT2D eigenvalue weighted by molar-refractivity contribution is 6.06. The molecule has 0 aliphatic rings. The molecule has 0 spiro atoms. The van der Waals surface area contributed by atoms with Gasteiger partial charge in [0, 0.05) is 6.20 Å². The number of rotatable bonds is 3. The summed E-state index contributed by atoms with van der Waals surface area (Å²) in [5.41, 5.74) is 4.38. The SMILES string of the molecule is Cc1ccc(/C=C/C(=O)c2c(C)nc3ccccn23)cc1. The van der Waals surface area contributed by atoms with Crippen molar-refractivity contribution in [3.8, 4) is 0 Å². The number of ketones is 1. The van der Waals surface area contributed by atoms with Crippen LogP contribution in [-0.2, 0) is 0 Å². The van der Waals surface area contributed by atoms with E-state index in [4.69, 9.17) is 0 Å². The van der Waals surface area contributed by atoms with Crippen LogP contribution in [-0.4, -0.2) is 15.2 Å². The molecule has 0 aliphatic heterocycles. The minimum Gasteiger partial charge on any atom is -0.297 e. The highest BCUT2D eigenvalue weighted by Gasteiger charge is 2.13. The first kappa shape index (κ1) is 13.3. The highest BCUT2D eigenvalue weighted by Crippen LogP contribution is 2.14. The Morgan fingerprint density at radius 1 is 1.10 bits per heavy atom. The van der Waals surface area contributed by atoms with Gasteiger partial charge in [-0.2, -0.15) is 0 Å². The number of imidazole rings is 1. The molecule has 104 valence electrons. The first-order chi connectivity index (χ1) is 10.1.